The van der Waals surface area contributed by atoms with E-state index in [9.17, 15) is 9.90 Å². The van der Waals surface area contributed by atoms with Crippen LogP contribution >= 0.6 is 12.4 Å². The minimum Gasteiger partial charge on any atom is -0.481 e. The monoisotopic (exact) mass is 523 g/mol. The summed E-state index contributed by atoms with van der Waals surface area (Å²) in [6.45, 7) is 7.90. The van der Waals surface area contributed by atoms with Crippen molar-refractivity contribution in [3.8, 4) is 5.69 Å². The molecule has 4 heterocycles. The number of nitrogens with one attached hydrogen (secondary N) is 1. The minimum atomic E-state index is -0.750. The van der Waals surface area contributed by atoms with Gasteiger partial charge < -0.3 is 15.3 Å². The third-order valence-corrected chi connectivity index (χ3v) is 7.61. The van der Waals surface area contributed by atoms with Crippen LogP contribution in [0, 0.1) is 19.8 Å². The van der Waals surface area contributed by atoms with Gasteiger partial charge in [-0.15, -0.1) is 12.4 Å². The number of rotatable bonds is 9. The van der Waals surface area contributed by atoms with E-state index in [0.717, 1.165) is 80.9 Å². The number of benzene rings is 1. The molecule has 0 unspecified atom stereocenters. The average molecular weight is 524 g/mol. The molecule has 0 spiro atoms. The van der Waals surface area contributed by atoms with Crippen LogP contribution in [-0.4, -0.2) is 56.9 Å². The van der Waals surface area contributed by atoms with Crippen molar-refractivity contribution in [2.24, 2.45) is 5.92 Å². The minimum absolute atomic E-state index is 0. The summed E-state index contributed by atoms with van der Waals surface area (Å²) in [4.78, 5) is 19.1. The largest absolute Gasteiger partial charge is 0.481 e. The SMILES string of the molecule is Cc1cc(C)n(-c2cccc([C@H](CC(=O)O)CN3CC[C@@H](CCc4ccc5c(n4)CCCN5)C3)c2)n1.Cl. The quantitative estimate of drug-likeness (QED) is 0.402. The Morgan fingerprint density at radius 3 is 2.86 bits per heavy atom. The van der Waals surface area contributed by atoms with Gasteiger partial charge in [0.1, 0.15) is 0 Å². The molecule has 2 aliphatic heterocycles. The number of pyridine rings is 1. The van der Waals surface area contributed by atoms with Crippen LogP contribution in [0.25, 0.3) is 5.69 Å². The van der Waals surface area contributed by atoms with E-state index in [0.29, 0.717) is 5.92 Å². The van der Waals surface area contributed by atoms with Crippen LogP contribution < -0.4 is 5.32 Å². The van der Waals surface area contributed by atoms with Crippen LogP contribution in [-0.2, 0) is 17.6 Å². The molecule has 1 aromatic carbocycles. The summed E-state index contributed by atoms with van der Waals surface area (Å²) in [6, 6.07) is 14.6. The van der Waals surface area contributed by atoms with Crippen molar-refractivity contribution in [1.82, 2.24) is 19.7 Å². The Morgan fingerprint density at radius 2 is 2.08 bits per heavy atom. The Hall–Kier alpha value is -2.90. The van der Waals surface area contributed by atoms with E-state index >= 15 is 0 Å². The Kier molecular flexibility index (Phi) is 8.87. The number of aryl methyl sites for hydroxylation is 4. The zero-order valence-corrected chi connectivity index (χ0v) is 22.6. The number of carboxylic acid groups (broad SMARTS) is 1. The van der Waals surface area contributed by atoms with Crippen molar-refractivity contribution in [2.75, 3.05) is 31.5 Å². The lowest BCUT2D eigenvalue weighted by Crippen LogP contribution is -2.28. The second-order valence-corrected chi connectivity index (χ2v) is 10.5. The highest BCUT2D eigenvalue weighted by molar-refractivity contribution is 5.85. The molecule has 2 atom stereocenters. The summed E-state index contributed by atoms with van der Waals surface area (Å²) in [5.41, 5.74) is 7.71. The Bertz CT molecular complexity index is 1230. The highest BCUT2D eigenvalue weighted by Crippen LogP contribution is 2.29. The van der Waals surface area contributed by atoms with E-state index in [1.807, 2.05) is 30.7 Å². The number of nitrogens with zero attached hydrogens (tertiary/aromatic N) is 4. The third kappa shape index (κ3) is 6.70. The molecular formula is C29H38ClN5O2. The van der Waals surface area contributed by atoms with Gasteiger partial charge in [-0.2, -0.15) is 5.10 Å². The van der Waals surface area contributed by atoms with Crippen molar-refractivity contribution >= 4 is 24.1 Å². The lowest BCUT2D eigenvalue weighted by Gasteiger charge is -2.24. The summed E-state index contributed by atoms with van der Waals surface area (Å²) in [5, 5.41) is 17.7. The Morgan fingerprint density at radius 1 is 1.22 bits per heavy atom. The maximum absolute atomic E-state index is 11.7. The van der Waals surface area contributed by atoms with Gasteiger partial charge in [0, 0.05) is 36.9 Å². The van der Waals surface area contributed by atoms with Gasteiger partial charge in [0.25, 0.3) is 0 Å². The summed E-state index contributed by atoms with van der Waals surface area (Å²) >= 11 is 0. The highest BCUT2D eigenvalue weighted by atomic mass is 35.5. The molecule has 7 nitrogen and oxygen atoms in total. The predicted molar refractivity (Wildman–Crippen MR) is 149 cm³/mol. The number of aliphatic carboxylic acids is 1. The maximum atomic E-state index is 11.7. The van der Waals surface area contributed by atoms with Crippen molar-refractivity contribution < 1.29 is 9.90 Å². The van der Waals surface area contributed by atoms with Gasteiger partial charge in [0.15, 0.2) is 0 Å². The first-order chi connectivity index (χ1) is 17.4. The number of carbonyl (C=O) groups is 1. The molecule has 2 aromatic heterocycles. The molecule has 3 aromatic rings. The van der Waals surface area contributed by atoms with Gasteiger partial charge in [-0.05, 0) is 94.3 Å². The van der Waals surface area contributed by atoms with Gasteiger partial charge in [0.05, 0.1) is 29.2 Å². The molecule has 1 saturated heterocycles. The van der Waals surface area contributed by atoms with E-state index in [2.05, 4.69) is 45.6 Å². The fourth-order valence-corrected chi connectivity index (χ4v) is 5.79. The molecule has 8 heteroatoms. The van der Waals surface area contributed by atoms with Crippen LogP contribution in [0.15, 0.2) is 42.5 Å². The molecule has 5 rings (SSSR count). The third-order valence-electron chi connectivity index (χ3n) is 7.61. The van der Waals surface area contributed by atoms with Crippen LogP contribution in [0.1, 0.15) is 59.9 Å². The van der Waals surface area contributed by atoms with Crippen molar-refractivity contribution in [2.45, 2.75) is 58.3 Å². The number of likely N-dealkylation sites (tertiary alicyclic amines) is 1. The van der Waals surface area contributed by atoms with Crippen LogP contribution in [0.4, 0.5) is 5.69 Å². The zero-order chi connectivity index (χ0) is 25.1. The van der Waals surface area contributed by atoms with Gasteiger partial charge >= 0.3 is 5.97 Å². The molecule has 0 amide bonds. The molecule has 0 radical (unpaired) electrons. The number of anilines is 1. The zero-order valence-electron chi connectivity index (χ0n) is 21.8. The lowest BCUT2D eigenvalue weighted by atomic mass is 9.94. The molecule has 2 N–H and O–H groups in total. The predicted octanol–water partition coefficient (Wildman–Crippen LogP) is 5.18. The smallest absolute Gasteiger partial charge is 0.304 e. The number of hydrogen-bond donors (Lipinski definition) is 2. The molecule has 0 saturated carbocycles. The first-order valence-electron chi connectivity index (χ1n) is 13.2. The van der Waals surface area contributed by atoms with Crippen molar-refractivity contribution in [3.05, 3.63) is 70.8 Å². The molecule has 1 fully saturated rings. The Balaban J connectivity index is 0.00000320. The topological polar surface area (TPSA) is 83.3 Å². The fraction of sp³-hybridized carbons (Fsp3) is 0.483. The average Bonchev–Trinajstić information content (AvgIpc) is 3.47. The number of fused-ring (bicyclic) bond motifs is 1. The van der Waals surface area contributed by atoms with Gasteiger partial charge in [-0.3, -0.25) is 9.78 Å². The van der Waals surface area contributed by atoms with E-state index in [-0.39, 0.29) is 24.7 Å². The summed E-state index contributed by atoms with van der Waals surface area (Å²) in [6.07, 6.45) is 5.66. The molecule has 2 aliphatic rings. The van der Waals surface area contributed by atoms with E-state index in [1.165, 1.54) is 17.1 Å². The summed E-state index contributed by atoms with van der Waals surface area (Å²) in [7, 11) is 0. The van der Waals surface area contributed by atoms with Crippen molar-refractivity contribution in [1.29, 1.82) is 0 Å². The van der Waals surface area contributed by atoms with E-state index < -0.39 is 5.97 Å². The number of halogens is 1. The summed E-state index contributed by atoms with van der Waals surface area (Å²) < 4.78 is 1.94. The second-order valence-electron chi connectivity index (χ2n) is 10.5. The van der Waals surface area contributed by atoms with Crippen molar-refractivity contribution in [3.63, 3.8) is 0 Å². The van der Waals surface area contributed by atoms with Crippen LogP contribution in [0.2, 0.25) is 0 Å². The first kappa shape index (κ1) is 27.1. The fourth-order valence-electron chi connectivity index (χ4n) is 5.79. The van der Waals surface area contributed by atoms with E-state index in [4.69, 9.17) is 4.98 Å². The number of hydrogen-bond acceptors (Lipinski definition) is 5. The first-order valence-corrected chi connectivity index (χ1v) is 13.2. The Labute approximate surface area is 225 Å². The molecule has 0 aliphatic carbocycles. The highest BCUT2D eigenvalue weighted by Gasteiger charge is 2.27. The van der Waals surface area contributed by atoms with Gasteiger partial charge in [0.2, 0.25) is 0 Å². The molecule has 0 bridgehead atoms. The molecule has 37 heavy (non-hydrogen) atoms. The second kappa shape index (κ2) is 12.1. The summed E-state index contributed by atoms with van der Waals surface area (Å²) in [5.74, 6) is -0.166. The van der Waals surface area contributed by atoms with Gasteiger partial charge in [-0.1, -0.05) is 12.1 Å². The normalized spacial score (nSPS) is 18.1. The standard InChI is InChI=1S/C29H37N5O2.ClH/c1-20-15-21(2)34(32-20)26-6-3-5-23(16-26)24(17-29(35)36)19-33-14-12-22(18-33)8-9-25-10-11-27-28(31-25)7-4-13-30-27;/h3,5-6,10-11,15-16,22,24,30H,4,7-9,12-14,17-19H2,1-2H3,(H,35,36);1H/t22-,24-;/m1./s1. The van der Waals surface area contributed by atoms with Crippen LogP contribution in [0.3, 0.4) is 0 Å². The number of carboxylic acids is 1. The van der Waals surface area contributed by atoms with E-state index in [1.54, 1.807) is 0 Å². The molecule has 198 valence electrons. The van der Waals surface area contributed by atoms with Gasteiger partial charge in [-0.25, -0.2) is 4.68 Å². The maximum Gasteiger partial charge on any atom is 0.304 e. The van der Waals surface area contributed by atoms with Crippen LogP contribution in [0.5, 0.6) is 0 Å². The molecular weight excluding hydrogens is 486 g/mol. The number of aromatic nitrogens is 3. The lowest BCUT2D eigenvalue weighted by molar-refractivity contribution is -0.137.